The molecule has 2 aromatic carbocycles. The molecule has 0 aliphatic carbocycles. The van der Waals surface area contributed by atoms with Crippen LogP contribution in [-0.4, -0.2) is 12.1 Å². The predicted molar refractivity (Wildman–Crippen MR) is 76.6 cm³/mol. The molecule has 1 heterocycles. The number of aryl methyl sites for hydroxylation is 1. The van der Waals surface area contributed by atoms with Gasteiger partial charge in [0.25, 0.3) is 0 Å². The zero-order valence-corrected chi connectivity index (χ0v) is 11.4. The van der Waals surface area contributed by atoms with Gasteiger partial charge >= 0.3 is 5.95 Å². The van der Waals surface area contributed by atoms with Crippen molar-refractivity contribution < 1.29 is 9.30 Å². The van der Waals surface area contributed by atoms with Crippen molar-refractivity contribution in [3.63, 3.8) is 0 Å². The van der Waals surface area contributed by atoms with Gasteiger partial charge in [-0.05, 0) is 36.4 Å². The van der Waals surface area contributed by atoms with Crippen LogP contribution in [0.2, 0.25) is 0 Å². The summed E-state index contributed by atoms with van der Waals surface area (Å²) in [6.07, 6.45) is 0. The Morgan fingerprint density at radius 1 is 1.00 bits per heavy atom. The van der Waals surface area contributed by atoms with Crippen molar-refractivity contribution in [3.8, 4) is 5.75 Å². The van der Waals surface area contributed by atoms with Gasteiger partial charge in [-0.15, -0.1) is 0 Å². The summed E-state index contributed by atoms with van der Waals surface area (Å²) in [6.45, 7) is 0. The average Bonchev–Trinajstić information content (AvgIpc) is 2.83. The van der Waals surface area contributed by atoms with Gasteiger partial charge in [0.15, 0.2) is 0 Å². The minimum absolute atomic E-state index is 0.710. The van der Waals surface area contributed by atoms with Crippen LogP contribution in [0.3, 0.4) is 0 Å². The molecule has 0 unspecified atom stereocenters. The van der Waals surface area contributed by atoms with Gasteiger partial charge in [-0.1, -0.05) is 17.2 Å². The lowest BCUT2D eigenvalue weighted by Gasteiger charge is -1.96. The van der Waals surface area contributed by atoms with E-state index in [4.69, 9.17) is 4.74 Å². The highest BCUT2D eigenvalue weighted by atomic mass is 16.5. The fourth-order valence-corrected chi connectivity index (χ4v) is 2.04. The van der Waals surface area contributed by atoms with Crippen molar-refractivity contribution in [2.45, 2.75) is 0 Å². The molecule has 0 saturated heterocycles. The first-order valence-electron chi connectivity index (χ1n) is 6.30. The van der Waals surface area contributed by atoms with Gasteiger partial charge < -0.3 is 4.74 Å². The number of hydrogen-bond donors (Lipinski definition) is 1. The van der Waals surface area contributed by atoms with Crippen LogP contribution < -0.4 is 9.30 Å². The summed E-state index contributed by atoms with van der Waals surface area (Å²) in [5, 5.41) is 8.49. The molecule has 0 radical (unpaired) electrons. The number of nitrogens with one attached hydrogen (secondary N) is 1. The molecule has 3 aromatic rings. The second-order valence-electron chi connectivity index (χ2n) is 4.42. The summed E-state index contributed by atoms with van der Waals surface area (Å²) >= 11 is 0. The van der Waals surface area contributed by atoms with E-state index in [1.54, 1.807) is 7.11 Å². The van der Waals surface area contributed by atoms with E-state index in [0.717, 1.165) is 22.5 Å². The maximum atomic E-state index is 5.11. The third kappa shape index (κ3) is 2.25. The molecule has 0 aliphatic rings. The molecule has 0 aliphatic heterocycles. The summed E-state index contributed by atoms with van der Waals surface area (Å²) in [5.41, 5.74) is 2.92. The van der Waals surface area contributed by atoms with Gasteiger partial charge in [-0.25, -0.2) is 9.55 Å². The smallest absolute Gasteiger partial charge is 0.419 e. The van der Waals surface area contributed by atoms with Crippen LogP contribution in [0.25, 0.3) is 11.0 Å². The number of aromatic amines is 1. The lowest BCUT2D eigenvalue weighted by atomic mass is 10.3. The van der Waals surface area contributed by atoms with Crippen LogP contribution in [-0.2, 0) is 7.05 Å². The van der Waals surface area contributed by atoms with Gasteiger partial charge in [-0.2, -0.15) is 0 Å². The molecule has 0 spiro atoms. The Labute approximate surface area is 116 Å². The molecular weight excluding hydrogens is 252 g/mol. The zero-order chi connectivity index (χ0) is 13.9. The van der Waals surface area contributed by atoms with Gasteiger partial charge in [-0.3, -0.25) is 0 Å². The Hall–Kier alpha value is -2.69. The third-order valence-corrected chi connectivity index (χ3v) is 3.16. The first kappa shape index (κ1) is 12.3. The molecule has 0 fully saturated rings. The van der Waals surface area contributed by atoms with Crippen molar-refractivity contribution in [1.82, 2.24) is 4.98 Å². The number of azo groups is 1. The number of H-pyrrole nitrogens is 1. The van der Waals surface area contributed by atoms with E-state index >= 15 is 0 Å². The lowest BCUT2D eigenvalue weighted by Crippen LogP contribution is -2.25. The predicted octanol–water partition coefficient (Wildman–Crippen LogP) is 3.42. The molecule has 1 N–H and O–H groups in total. The summed E-state index contributed by atoms with van der Waals surface area (Å²) in [5.74, 6) is 1.52. The topological polar surface area (TPSA) is 53.6 Å². The monoisotopic (exact) mass is 267 g/mol. The number of benzene rings is 2. The number of para-hydroxylation sites is 2. The van der Waals surface area contributed by atoms with Crippen LogP contribution in [0.5, 0.6) is 5.75 Å². The number of fused-ring (bicyclic) bond motifs is 1. The number of ether oxygens (including phenoxy) is 1. The van der Waals surface area contributed by atoms with Crippen molar-refractivity contribution in [1.29, 1.82) is 0 Å². The van der Waals surface area contributed by atoms with Crippen molar-refractivity contribution in [3.05, 3.63) is 48.5 Å². The van der Waals surface area contributed by atoms with E-state index in [-0.39, 0.29) is 0 Å². The number of imidazole rings is 1. The fourth-order valence-electron chi connectivity index (χ4n) is 2.04. The Bertz CT molecular complexity index is 759. The van der Waals surface area contributed by atoms with Crippen LogP contribution in [0.15, 0.2) is 58.8 Å². The molecule has 0 bridgehead atoms. The molecule has 20 heavy (non-hydrogen) atoms. The van der Waals surface area contributed by atoms with Gasteiger partial charge in [0.05, 0.1) is 14.2 Å². The Morgan fingerprint density at radius 3 is 2.45 bits per heavy atom. The Kier molecular flexibility index (Phi) is 3.16. The van der Waals surface area contributed by atoms with E-state index < -0.39 is 0 Å². The number of hydrogen-bond acceptors (Lipinski definition) is 3. The quantitative estimate of drug-likeness (QED) is 0.573. The molecule has 1 aromatic heterocycles. The second kappa shape index (κ2) is 5.13. The summed E-state index contributed by atoms with van der Waals surface area (Å²) in [7, 11) is 3.60. The van der Waals surface area contributed by atoms with Crippen molar-refractivity contribution >= 4 is 22.7 Å². The largest absolute Gasteiger partial charge is 0.497 e. The minimum atomic E-state index is 0.710. The molecule has 0 atom stereocenters. The van der Waals surface area contributed by atoms with E-state index in [1.807, 2.05) is 60.1 Å². The second-order valence-corrected chi connectivity index (χ2v) is 4.42. The van der Waals surface area contributed by atoms with Crippen molar-refractivity contribution in [2.75, 3.05) is 7.11 Å². The standard InChI is InChI=1S/C15H14N4O/c1-19-14-6-4-3-5-13(14)16-15(19)18-17-11-7-9-12(20-2)10-8-11/h3-10H,1-2H3/p+1. The summed E-state index contributed by atoms with van der Waals surface area (Å²) < 4.78 is 7.08. The molecule has 3 rings (SSSR count). The Balaban J connectivity index is 1.91. The number of methoxy groups -OCH3 is 1. The molecule has 100 valence electrons. The van der Waals surface area contributed by atoms with Crippen LogP contribution >= 0.6 is 0 Å². The average molecular weight is 267 g/mol. The van der Waals surface area contributed by atoms with Crippen LogP contribution in [0, 0.1) is 0 Å². The van der Waals surface area contributed by atoms with Crippen LogP contribution in [0.4, 0.5) is 11.6 Å². The van der Waals surface area contributed by atoms with Crippen LogP contribution in [0.1, 0.15) is 0 Å². The highest BCUT2D eigenvalue weighted by Crippen LogP contribution is 2.20. The van der Waals surface area contributed by atoms with E-state index in [9.17, 15) is 0 Å². The third-order valence-electron chi connectivity index (χ3n) is 3.16. The molecule has 0 amide bonds. The first-order valence-corrected chi connectivity index (χ1v) is 6.30. The number of nitrogens with zero attached hydrogens (tertiary/aromatic N) is 3. The summed E-state index contributed by atoms with van der Waals surface area (Å²) in [4.78, 5) is 3.23. The first-order chi connectivity index (χ1) is 9.78. The lowest BCUT2D eigenvalue weighted by molar-refractivity contribution is -0.631. The summed E-state index contributed by atoms with van der Waals surface area (Å²) in [6, 6.07) is 15.5. The SMILES string of the molecule is COc1ccc(N=Nc2[nH]c3ccccc3[n+]2C)cc1. The highest BCUT2D eigenvalue weighted by molar-refractivity contribution is 5.72. The maximum absolute atomic E-state index is 5.11. The van der Waals surface area contributed by atoms with E-state index in [2.05, 4.69) is 15.2 Å². The maximum Gasteiger partial charge on any atom is 0.419 e. The van der Waals surface area contributed by atoms with E-state index in [0.29, 0.717) is 5.95 Å². The molecule has 5 nitrogen and oxygen atoms in total. The molecule has 5 heteroatoms. The number of rotatable bonds is 3. The van der Waals surface area contributed by atoms with Gasteiger partial charge in [0.1, 0.15) is 22.5 Å². The fraction of sp³-hybridized carbons (Fsp3) is 0.133. The van der Waals surface area contributed by atoms with Crippen molar-refractivity contribution in [2.24, 2.45) is 17.3 Å². The van der Waals surface area contributed by atoms with Gasteiger partial charge in [0, 0.05) is 5.11 Å². The number of aromatic nitrogens is 2. The molecule has 0 saturated carbocycles. The minimum Gasteiger partial charge on any atom is -0.497 e. The van der Waals surface area contributed by atoms with E-state index in [1.165, 1.54) is 0 Å². The molecular formula is C15H15N4O+. The Morgan fingerprint density at radius 2 is 1.75 bits per heavy atom. The van der Waals surface area contributed by atoms with Gasteiger partial charge in [0.2, 0.25) is 0 Å². The normalized spacial score (nSPS) is 11.3. The highest BCUT2D eigenvalue weighted by Gasteiger charge is 2.13. The zero-order valence-electron chi connectivity index (χ0n) is 11.4.